The molecule has 0 N–H and O–H groups in total. The van der Waals surface area contributed by atoms with Crippen LogP contribution >= 0.6 is 0 Å². The summed E-state index contributed by atoms with van der Waals surface area (Å²) in [6, 6.07) is 3.19. The molecule has 0 saturated heterocycles. The van der Waals surface area contributed by atoms with Gasteiger partial charge in [-0.3, -0.25) is 0 Å². The van der Waals surface area contributed by atoms with Gasteiger partial charge in [-0.1, -0.05) is 62.3 Å². The topological polar surface area (TPSA) is 143 Å². The van der Waals surface area contributed by atoms with Crippen LogP contribution in [-0.4, -0.2) is 26.3 Å². The SMILES string of the molecule is CC1(C)CC(n2c(=O)n(C3CC(C)(C)CC(C)(CC#N)C3)c(=O)n(C3CC(C)(C)CC(C)(CN=C=O)C3)c2=O)CC(C)(CC#N)C1. The molecule has 6 atom stereocenters. The molecule has 0 bridgehead atoms. The maximum Gasteiger partial charge on any atom is 0.336 e. The first-order valence-electron chi connectivity index (χ1n) is 16.9. The third-order valence-corrected chi connectivity index (χ3v) is 11.1. The Hall–Kier alpha value is -3.23. The van der Waals surface area contributed by atoms with Crippen molar-refractivity contribution in [3.8, 4) is 12.1 Å². The molecule has 6 unspecified atom stereocenters. The summed E-state index contributed by atoms with van der Waals surface area (Å²) in [7, 11) is 0. The number of nitriles is 2. The van der Waals surface area contributed by atoms with Gasteiger partial charge in [0.15, 0.2) is 0 Å². The van der Waals surface area contributed by atoms with E-state index in [0.717, 1.165) is 19.3 Å². The third kappa shape index (κ3) is 7.33. The lowest BCUT2D eigenvalue weighted by atomic mass is 9.61. The third-order valence-electron chi connectivity index (χ3n) is 11.1. The highest BCUT2D eigenvalue weighted by Crippen LogP contribution is 2.53. The monoisotopic (exact) mass is 634 g/mol. The summed E-state index contributed by atoms with van der Waals surface area (Å²) in [4.78, 5) is 59.2. The Balaban J connectivity index is 2.01. The van der Waals surface area contributed by atoms with Crippen molar-refractivity contribution in [1.29, 1.82) is 10.5 Å². The molecule has 10 nitrogen and oxygen atoms in total. The zero-order chi connectivity index (χ0) is 34.5. The minimum absolute atomic E-state index is 0.234. The highest BCUT2D eigenvalue weighted by Gasteiger charge is 2.48. The van der Waals surface area contributed by atoms with Crippen LogP contribution in [0.2, 0.25) is 0 Å². The Morgan fingerprint density at radius 2 is 0.891 bits per heavy atom. The Labute approximate surface area is 273 Å². The summed E-state index contributed by atoms with van der Waals surface area (Å²) < 4.78 is 4.05. The molecule has 0 spiro atoms. The first kappa shape index (κ1) is 35.6. The van der Waals surface area contributed by atoms with Crippen LogP contribution in [-0.2, 0) is 4.79 Å². The van der Waals surface area contributed by atoms with Gasteiger partial charge in [-0.25, -0.2) is 37.9 Å². The van der Waals surface area contributed by atoms with Crippen molar-refractivity contribution in [3.05, 3.63) is 31.5 Å². The number of nitrogens with zero attached hydrogens (tertiary/aromatic N) is 6. The first-order chi connectivity index (χ1) is 21.1. The molecule has 1 aromatic rings. The van der Waals surface area contributed by atoms with Gasteiger partial charge in [-0.2, -0.15) is 10.5 Å². The van der Waals surface area contributed by atoms with Crippen LogP contribution in [0.4, 0.5) is 0 Å². The molecule has 0 radical (unpaired) electrons. The summed E-state index contributed by atoms with van der Waals surface area (Å²) in [5.41, 5.74) is -3.73. The van der Waals surface area contributed by atoms with E-state index >= 15 is 0 Å². The lowest BCUT2D eigenvalue weighted by Crippen LogP contribution is -2.60. The van der Waals surface area contributed by atoms with E-state index in [1.165, 1.54) is 13.7 Å². The van der Waals surface area contributed by atoms with E-state index in [4.69, 9.17) is 0 Å². The first-order valence-corrected chi connectivity index (χ1v) is 16.9. The quantitative estimate of drug-likeness (QED) is 0.244. The highest BCUT2D eigenvalue weighted by atomic mass is 16.2. The predicted octanol–water partition coefficient (Wildman–Crippen LogP) is 6.61. The summed E-state index contributed by atoms with van der Waals surface area (Å²) in [5, 5.41) is 19.4. The van der Waals surface area contributed by atoms with Crippen molar-refractivity contribution in [2.45, 2.75) is 151 Å². The number of hydrogen-bond donors (Lipinski definition) is 0. The van der Waals surface area contributed by atoms with Gasteiger partial charge in [0, 0.05) is 31.0 Å². The van der Waals surface area contributed by atoms with E-state index < -0.39 is 51.4 Å². The van der Waals surface area contributed by atoms with Crippen molar-refractivity contribution >= 4 is 6.08 Å². The van der Waals surface area contributed by atoms with Crippen molar-refractivity contribution in [1.82, 2.24) is 13.7 Å². The minimum Gasteiger partial charge on any atom is -0.247 e. The summed E-state index contributed by atoms with van der Waals surface area (Å²) in [5.74, 6) is 0. The highest BCUT2D eigenvalue weighted by molar-refractivity contribution is 5.33. The average Bonchev–Trinajstić information content (AvgIpc) is 2.84. The zero-order valence-corrected chi connectivity index (χ0v) is 29.5. The smallest absolute Gasteiger partial charge is 0.247 e. The minimum atomic E-state index is -0.591. The van der Waals surface area contributed by atoms with Crippen LogP contribution in [0.1, 0.15) is 151 Å². The van der Waals surface area contributed by atoms with Gasteiger partial charge < -0.3 is 0 Å². The molecule has 1 heterocycles. The molecule has 0 aromatic carbocycles. The summed E-state index contributed by atoms with van der Waals surface area (Å²) in [6.45, 7) is 19.1. The molecule has 3 aliphatic rings. The van der Waals surface area contributed by atoms with Gasteiger partial charge in [-0.15, -0.1) is 0 Å². The van der Waals surface area contributed by atoms with Gasteiger partial charge in [-0.05, 0) is 90.3 Å². The van der Waals surface area contributed by atoms with Gasteiger partial charge >= 0.3 is 17.1 Å². The standard InChI is InChI=1S/C36H54N6O4/c1-31(2)14-25(17-34(7,20-31)10-12-37)40-28(44)41(26-15-32(3,4)21-35(8,18-26)11-13-38)30(46)42(29(40)45)27-16-33(5,6)22-36(9,19-27)23-39-24-43/h25-27H,10-11,14-23H2,1-9H3. The number of rotatable bonds is 7. The fourth-order valence-corrected chi connectivity index (χ4v) is 10.8. The van der Waals surface area contributed by atoms with Crippen molar-refractivity contribution in [2.75, 3.05) is 6.54 Å². The van der Waals surface area contributed by atoms with E-state index in [-0.39, 0.29) is 22.8 Å². The summed E-state index contributed by atoms with van der Waals surface area (Å²) in [6.07, 6.45) is 7.77. The van der Waals surface area contributed by atoms with Gasteiger partial charge in [0.25, 0.3) is 0 Å². The molecule has 252 valence electrons. The average molecular weight is 635 g/mol. The van der Waals surface area contributed by atoms with Crippen LogP contribution in [0.3, 0.4) is 0 Å². The second-order valence-corrected chi connectivity index (χ2v) is 18.7. The van der Waals surface area contributed by atoms with E-state index in [9.17, 15) is 29.7 Å². The fourth-order valence-electron chi connectivity index (χ4n) is 10.8. The Morgan fingerprint density at radius 1 is 0.587 bits per heavy atom. The molecule has 10 heteroatoms. The van der Waals surface area contributed by atoms with E-state index in [1.807, 2.05) is 6.92 Å². The number of aliphatic imine (C=N–C) groups is 1. The predicted molar refractivity (Wildman–Crippen MR) is 177 cm³/mol. The van der Waals surface area contributed by atoms with Gasteiger partial charge in [0.1, 0.15) is 0 Å². The van der Waals surface area contributed by atoms with Crippen molar-refractivity contribution in [2.24, 2.45) is 37.5 Å². The lowest BCUT2D eigenvalue weighted by molar-refractivity contribution is 0.0377. The lowest BCUT2D eigenvalue weighted by Gasteiger charge is -2.48. The molecule has 3 aliphatic carbocycles. The molecule has 46 heavy (non-hydrogen) atoms. The van der Waals surface area contributed by atoms with Crippen molar-refractivity contribution < 1.29 is 4.79 Å². The van der Waals surface area contributed by atoms with E-state index in [0.29, 0.717) is 51.4 Å². The largest absolute Gasteiger partial charge is 0.336 e. The molecule has 4 rings (SSSR count). The number of hydrogen-bond acceptors (Lipinski definition) is 7. The molecule has 3 saturated carbocycles. The second-order valence-electron chi connectivity index (χ2n) is 18.7. The fraction of sp³-hybridized carbons (Fsp3) is 0.833. The van der Waals surface area contributed by atoms with Crippen molar-refractivity contribution in [3.63, 3.8) is 0 Å². The zero-order valence-electron chi connectivity index (χ0n) is 29.5. The van der Waals surface area contributed by atoms with Crippen LogP contribution in [0.15, 0.2) is 19.4 Å². The number of carbonyl (C=O) groups excluding carboxylic acids is 1. The van der Waals surface area contributed by atoms with E-state index in [1.54, 1.807) is 6.08 Å². The van der Waals surface area contributed by atoms with Crippen LogP contribution in [0.25, 0.3) is 0 Å². The Bertz CT molecular complexity index is 1570. The maximum absolute atomic E-state index is 14.7. The van der Waals surface area contributed by atoms with Crippen LogP contribution < -0.4 is 17.1 Å². The van der Waals surface area contributed by atoms with Crippen LogP contribution in [0, 0.1) is 55.2 Å². The van der Waals surface area contributed by atoms with Gasteiger partial charge in [0.05, 0.1) is 18.7 Å². The molecular weight excluding hydrogens is 580 g/mol. The normalized spacial score (nSPS) is 34.9. The molecule has 0 amide bonds. The number of aromatic nitrogens is 3. The molecule has 0 aliphatic heterocycles. The van der Waals surface area contributed by atoms with Gasteiger partial charge in [0.2, 0.25) is 6.08 Å². The Morgan fingerprint density at radius 3 is 1.20 bits per heavy atom. The van der Waals surface area contributed by atoms with E-state index in [2.05, 4.69) is 72.5 Å². The summed E-state index contributed by atoms with van der Waals surface area (Å²) >= 11 is 0. The second kappa shape index (κ2) is 12.1. The number of isocyanates is 1. The molecule has 1 aromatic heterocycles. The van der Waals surface area contributed by atoms with Crippen LogP contribution in [0.5, 0.6) is 0 Å². The maximum atomic E-state index is 14.7. The Kier molecular flexibility index (Phi) is 9.36. The molecular formula is C36H54N6O4. The molecule has 3 fully saturated rings.